The van der Waals surface area contributed by atoms with Crippen molar-refractivity contribution in [1.29, 1.82) is 0 Å². The van der Waals surface area contributed by atoms with Crippen LogP contribution in [0.2, 0.25) is 0 Å². The van der Waals surface area contributed by atoms with Crippen molar-refractivity contribution in [2.45, 2.75) is 38.1 Å². The fourth-order valence-corrected chi connectivity index (χ4v) is 3.41. The third-order valence-corrected chi connectivity index (χ3v) is 5.00. The number of amides is 3. The highest BCUT2D eigenvalue weighted by Gasteiger charge is 2.23. The van der Waals surface area contributed by atoms with E-state index in [0.29, 0.717) is 25.9 Å². The Balaban J connectivity index is 1.58. The fraction of sp³-hybridized carbons (Fsp3) is 0.409. The molecular formula is C22H27N3O4. The van der Waals surface area contributed by atoms with Crippen molar-refractivity contribution in [3.05, 3.63) is 60.1 Å². The maximum Gasteiger partial charge on any atom is 0.287 e. The van der Waals surface area contributed by atoms with Crippen LogP contribution < -0.4 is 10.6 Å². The van der Waals surface area contributed by atoms with Crippen molar-refractivity contribution in [1.82, 2.24) is 15.5 Å². The van der Waals surface area contributed by atoms with Crippen LogP contribution in [0.5, 0.6) is 0 Å². The van der Waals surface area contributed by atoms with Crippen molar-refractivity contribution in [2.24, 2.45) is 0 Å². The molecule has 1 aromatic heterocycles. The third-order valence-electron chi connectivity index (χ3n) is 5.00. The van der Waals surface area contributed by atoms with Gasteiger partial charge in [-0.25, -0.2) is 0 Å². The van der Waals surface area contributed by atoms with Gasteiger partial charge in [0.15, 0.2) is 5.76 Å². The predicted octanol–water partition coefficient (Wildman–Crippen LogP) is 2.14. The van der Waals surface area contributed by atoms with Crippen LogP contribution in [0.4, 0.5) is 0 Å². The van der Waals surface area contributed by atoms with Crippen LogP contribution in [-0.4, -0.2) is 48.3 Å². The molecule has 1 aliphatic rings. The SMILES string of the molecule is O=C(NC(Cc1ccccc1)C(=O)NCCN1CCCCCC1=O)c1ccco1. The maximum absolute atomic E-state index is 12.8. The maximum atomic E-state index is 12.8. The van der Waals surface area contributed by atoms with Gasteiger partial charge < -0.3 is 20.0 Å². The van der Waals surface area contributed by atoms with Crippen molar-refractivity contribution >= 4 is 17.7 Å². The Morgan fingerprint density at radius 2 is 1.90 bits per heavy atom. The average molecular weight is 397 g/mol. The van der Waals surface area contributed by atoms with Crippen molar-refractivity contribution in [3.8, 4) is 0 Å². The molecule has 0 bridgehead atoms. The number of furan rings is 1. The molecule has 7 heteroatoms. The van der Waals surface area contributed by atoms with E-state index in [9.17, 15) is 14.4 Å². The predicted molar refractivity (Wildman–Crippen MR) is 108 cm³/mol. The van der Waals surface area contributed by atoms with Crippen LogP contribution in [0.1, 0.15) is 41.8 Å². The zero-order valence-electron chi connectivity index (χ0n) is 16.4. The van der Waals surface area contributed by atoms with Gasteiger partial charge in [-0.3, -0.25) is 14.4 Å². The zero-order chi connectivity index (χ0) is 20.5. The quantitative estimate of drug-likeness (QED) is 0.714. The molecule has 1 aliphatic heterocycles. The van der Waals surface area contributed by atoms with Gasteiger partial charge in [-0.1, -0.05) is 36.8 Å². The summed E-state index contributed by atoms with van der Waals surface area (Å²) in [6, 6.07) is 11.9. The fourth-order valence-electron chi connectivity index (χ4n) is 3.41. The molecule has 1 aromatic carbocycles. The molecule has 2 N–H and O–H groups in total. The molecule has 0 radical (unpaired) electrons. The average Bonchev–Trinajstić information content (AvgIpc) is 3.19. The number of likely N-dealkylation sites (tertiary alicyclic amines) is 1. The number of hydrogen-bond donors (Lipinski definition) is 2. The second-order valence-electron chi connectivity index (χ2n) is 7.18. The van der Waals surface area contributed by atoms with E-state index in [1.807, 2.05) is 30.3 Å². The highest BCUT2D eigenvalue weighted by atomic mass is 16.3. The Bertz CT molecular complexity index is 805. The topological polar surface area (TPSA) is 91.7 Å². The highest BCUT2D eigenvalue weighted by Crippen LogP contribution is 2.10. The van der Waals surface area contributed by atoms with Crippen molar-refractivity contribution in [2.75, 3.05) is 19.6 Å². The van der Waals surface area contributed by atoms with E-state index in [4.69, 9.17) is 4.42 Å². The van der Waals surface area contributed by atoms with Crippen LogP contribution in [0, 0.1) is 0 Å². The number of carbonyl (C=O) groups is 3. The third kappa shape index (κ3) is 6.20. The molecule has 1 fully saturated rings. The lowest BCUT2D eigenvalue weighted by atomic mass is 10.1. The van der Waals surface area contributed by atoms with Crippen LogP contribution in [-0.2, 0) is 16.0 Å². The standard InChI is InChI=1S/C22H27N3O4/c26-20-11-5-2-6-13-25(20)14-12-23-21(27)18(16-17-8-3-1-4-9-17)24-22(28)19-10-7-15-29-19/h1,3-4,7-10,15,18H,2,5-6,11-14,16H2,(H,23,27)(H,24,28). The van der Waals surface area contributed by atoms with E-state index in [1.54, 1.807) is 17.0 Å². The van der Waals surface area contributed by atoms with Gasteiger partial charge in [-0.15, -0.1) is 0 Å². The summed E-state index contributed by atoms with van der Waals surface area (Å²) in [5.74, 6) is -0.417. The molecule has 2 heterocycles. The van der Waals surface area contributed by atoms with Crippen molar-refractivity contribution in [3.63, 3.8) is 0 Å². The van der Waals surface area contributed by atoms with E-state index < -0.39 is 11.9 Å². The summed E-state index contributed by atoms with van der Waals surface area (Å²) in [5.41, 5.74) is 0.940. The van der Waals surface area contributed by atoms with E-state index in [2.05, 4.69) is 10.6 Å². The Labute approximate surface area is 170 Å². The summed E-state index contributed by atoms with van der Waals surface area (Å²) in [6.45, 7) is 1.57. The van der Waals surface area contributed by atoms with E-state index in [-0.39, 0.29) is 17.6 Å². The summed E-state index contributed by atoms with van der Waals surface area (Å²) in [5, 5.41) is 5.61. The Morgan fingerprint density at radius 1 is 1.07 bits per heavy atom. The smallest absolute Gasteiger partial charge is 0.287 e. The molecular weight excluding hydrogens is 370 g/mol. The number of carbonyl (C=O) groups excluding carboxylic acids is 3. The minimum Gasteiger partial charge on any atom is -0.459 e. The normalized spacial score (nSPS) is 15.4. The molecule has 0 spiro atoms. The monoisotopic (exact) mass is 397 g/mol. The number of hydrogen-bond acceptors (Lipinski definition) is 4. The van der Waals surface area contributed by atoms with Gasteiger partial charge in [-0.05, 0) is 30.5 Å². The second-order valence-corrected chi connectivity index (χ2v) is 7.18. The number of benzene rings is 1. The minimum absolute atomic E-state index is 0.142. The van der Waals surface area contributed by atoms with Crippen LogP contribution in [0.3, 0.4) is 0 Å². The van der Waals surface area contributed by atoms with Crippen LogP contribution in [0.25, 0.3) is 0 Å². The van der Waals surface area contributed by atoms with Gasteiger partial charge >= 0.3 is 0 Å². The van der Waals surface area contributed by atoms with E-state index in [0.717, 1.165) is 31.4 Å². The molecule has 0 aliphatic carbocycles. The number of nitrogens with one attached hydrogen (secondary N) is 2. The lowest BCUT2D eigenvalue weighted by Gasteiger charge is -2.22. The first-order valence-electron chi connectivity index (χ1n) is 10.1. The molecule has 154 valence electrons. The molecule has 7 nitrogen and oxygen atoms in total. The number of nitrogens with zero attached hydrogens (tertiary/aromatic N) is 1. The summed E-state index contributed by atoms with van der Waals surface area (Å²) in [6.07, 6.45) is 5.34. The van der Waals surface area contributed by atoms with Crippen LogP contribution >= 0.6 is 0 Å². The lowest BCUT2D eigenvalue weighted by Crippen LogP contribution is -2.49. The Kier molecular flexibility index (Phi) is 7.44. The zero-order valence-corrected chi connectivity index (χ0v) is 16.4. The first kappa shape index (κ1) is 20.6. The van der Waals surface area contributed by atoms with Gasteiger partial charge in [0.2, 0.25) is 11.8 Å². The molecule has 1 saturated heterocycles. The summed E-state index contributed by atoms with van der Waals surface area (Å²) < 4.78 is 5.12. The van der Waals surface area contributed by atoms with Gasteiger partial charge in [0.1, 0.15) is 6.04 Å². The number of rotatable bonds is 8. The molecule has 1 atom stereocenters. The lowest BCUT2D eigenvalue weighted by molar-refractivity contribution is -0.131. The van der Waals surface area contributed by atoms with Gasteiger partial charge in [0, 0.05) is 32.5 Å². The van der Waals surface area contributed by atoms with E-state index in [1.165, 1.54) is 6.26 Å². The van der Waals surface area contributed by atoms with Gasteiger partial charge in [0.25, 0.3) is 5.91 Å². The molecule has 1 unspecified atom stereocenters. The Morgan fingerprint density at radius 3 is 2.66 bits per heavy atom. The minimum atomic E-state index is -0.741. The summed E-state index contributed by atoms with van der Waals surface area (Å²) >= 11 is 0. The van der Waals surface area contributed by atoms with Gasteiger partial charge in [-0.2, -0.15) is 0 Å². The molecule has 0 saturated carbocycles. The first-order chi connectivity index (χ1) is 14.1. The molecule has 29 heavy (non-hydrogen) atoms. The second kappa shape index (κ2) is 10.5. The highest BCUT2D eigenvalue weighted by molar-refractivity contribution is 5.95. The first-order valence-corrected chi connectivity index (χ1v) is 10.1. The largest absolute Gasteiger partial charge is 0.459 e. The molecule has 2 aromatic rings. The van der Waals surface area contributed by atoms with Crippen molar-refractivity contribution < 1.29 is 18.8 Å². The Hall–Kier alpha value is -3.09. The summed E-state index contributed by atoms with van der Waals surface area (Å²) in [4.78, 5) is 39.1. The van der Waals surface area contributed by atoms with Crippen LogP contribution in [0.15, 0.2) is 53.1 Å². The molecule has 3 amide bonds. The van der Waals surface area contributed by atoms with E-state index >= 15 is 0 Å². The van der Waals surface area contributed by atoms with Gasteiger partial charge in [0.05, 0.1) is 6.26 Å². The summed E-state index contributed by atoms with van der Waals surface area (Å²) in [7, 11) is 0. The molecule has 3 rings (SSSR count).